The van der Waals surface area contributed by atoms with Crippen LogP contribution < -0.4 is 0 Å². The Kier molecular flexibility index (Phi) is 3.99. The molecule has 0 fully saturated rings. The molecule has 16 heavy (non-hydrogen) atoms. The molecule has 1 atom stereocenters. The molecule has 0 aliphatic carbocycles. The van der Waals surface area contributed by atoms with Crippen molar-refractivity contribution >= 4 is 0 Å². The third kappa shape index (κ3) is 2.79. The Balaban J connectivity index is 2.84. The maximum atomic E-state index is 13.5. The van der Waals surface area contributed by atoms with Crippen molar-refractivity contribution in [2.24, 2.45) is 0 Å². The highest BCUT2D eigenvalue weighted by molar-refractivity contribution is 5.32. The summed E-state index contributed by atoms with van der Waals surface area (Å²) in [5, 5.41) is 17.3. The van der Waals surface area contributed by atoms with E-state index in [1.165, 1.54) is 6.07 Å². The predicted octanol–water partition coefficient (Wildman–Crippen LogP) is 2.04. The van der Waals surface area contributed by atoms with Crippen LogP contribution in [0, 0.1) is 28.5 Å². The van der Waals surface area contributed by atoms with Gasteiger partial charge in [-0.2, -0.15) is 10.5 Å². The SMILES string of the molecule is CC(C#N)N(C)Cc1ccc(C#N)cc1F. The van der Waals surface area contributed by atoms with Gasteiger partial charge in [0.15, 0.2) is 0 Å². The van der Waals surface area contributed by atoms with E-state index in [0.717, 1.165) is 0 Å². The van der Waals surface area contributed by atoms with Gasteiger partial charge in [-0.3, -0.25) is 4.90 Å². The molecule has 0 saturated heterocycles. The second kappa shape index (κ2) is 5.25. The van der Waals surface area contributed by atoms with Crippen molar-refractivity contribution in [3.05, 3.63) is 35.1 Å². The average molecular weight is 217 g/mol. The zero-order valence-corrected chi connectivity index (χ0v) is 9.24. The highest BCUT2D eigenvalue weighted by Crippen LogP contribution is 2.12. The molecule has 82 valence electrons. The third-order valence-corrected chi connectivity index (χ3v) is 2.45. The van der Waals surface area contributed by atoms with E-state index in [4.69, 9.17) is 10.5 Å². The van der Waals surface area contributed by atoms with Crippen molar-refractivity contribution < 1.29 is 4.39 Å². The fourth-order valence-corrected chi connectivity index (χ4v) is 1.25. The number of hydrogen-bond donors (Lipinski definition) is 0. The predicted molar refractivity (Wildman–Crippen MR) is 57.7 cm³/mol. The minimum absolute atomic E-state index is 0.268. The van der Waals surface area contributed by atoms with Gasteiger partial charge in [0.1, 0.15) is 5.82 Å². The van der Waals surface area contributed by atoms with Crippen molar-refractivity contribution in [3.63, 3.8) is 0 Å². The summed E-state index contributed by atoms with van der Waals surface area (Å²) in [5.74, 6) is -0.406. The van der Waals surface area contributed by atoms with Gasteiger partial charge >= 0.3 is 0 Å². The summed E-state index contributed by atoms with van der Waals surface area (Å²) in [4.78, 5) is 1.74. The largest absolute Gasteiger partial charge is 0.287 e. The van der Waals surface area contributed by atoms with E-state index in [9.17, 15) is 4.39 Å². The second-order valence-corrected chi connectivity index (χ2v) is 3.64. The monoisotopic (exact) mass is 217 g/mol. The summed E-state index contributed by atoms with van der Waals surface area (Å²) in [6.45, 7) is 2.10. The Labute approximate surface area is 94.3 Å². The van der Waals surface area contributed by atoms with Crippen LogP contribution in [0.4, 0.5) is 4.39 Å². The Morgan fingerprint density at radius 1 is 1.44 bits per heavy atom. The lowest BCUT2D eigenvalue weighted by Gasteiger charge is -2.19. The molecule has 0 bridgehead atoms. The van der Waals surface area contributed by atoms with E-state index in [0.29, 0.717) is 17.7 Å². The molecule has 3 nitrogen and oxygen atoms in total. The minimum atomic E-state index is -0.406. The van der Waals surface area contributed by atoms with E-state index in [1.54, 1.807) is 31.0 Å². The molecule has 1 aromatic carbocycles. The van der Waals surface area contributed by atoms with Crippen molar-refractivity contribution in [3.8, 4) is 12.1 Å². The van der Waals surface area contributed by atoms with Gasteiger partial charge in [-0.05, 0) is 26.1 Å². The molecule has 0 N–H and O–H groups in total. The third-order valence-electron chi connectivity index (χ3n) is 2.45. The first-order valence-electron chi connectivity index (χ1n) is 4.87. The van der Waals surface area contributed by atoms with Gasteiger partial charge in [-0.15, -0.1) is 0 Å². The Bertz CT molecular complexity index is 456. The van der Waals surface area contributed by atoms with Gasteiger partial charge in [-0.25, -0.2) is 4.39 Å². The molecule has 1 rings (SSSR count). The first-order chi connectivity index (χ1) is 7.58. The fourth-order valence-electron chi connectivity index (χ4n) is 1.25. The summed E-state index contributed by atoms with van der Waals surface area (Å²) < 4.78 is 13.5. The van der Waals surface area contributed by atoms with Crippen LogP contribution in [0.15, 0.2) is 18.2 Å². The first kappa shape index (κ1) is 12.2. The smallest absolute Gasteiger partial charge is 0.129 e. The number of nitrogens with zero attached hydrogens (tertiary/aromatic N) is 3. The number of nitriles is 2. The lowest BCUT2D eigenvalue weighted by atomic mass is 10.1. The maximum Gasteiger partial charge on any atom is 0.129 e. The zero-order chi connectivity index (χ0) is 12.1. The van der Waals surface area contributed by atoms with Gasteiger partial charge < -0.3 is 0 Å². The molecule has 0 aliphatic rings. The van der Waals surface area contributed by atoms with E-state index in [2.05, 4.69) is 6.07 Å². The first-order valence-corrected chi connectivity index (χ1v) is 4.87. The van der Waals surface area contributed by atoms with Crippen LogP contribution >= 0.6 is 0 Å². The molecular formula is C12H12FN3. The Hall–Kier alpha value is -1.91. The molecule has 0 amide bonds. The Morgan fingerprint density at radius 3 is 2.62 bits per heavy atom. The minimum Gasteiger partial charge on any atom is -0.287 e. The molecule has 0 radical (unpaired) electrons. The highest BCUT2D eigenvalue weighted by atomic mass is 19.1. The molecule has 4 heteroatoms. The number of benzene rings is 1. The average Bonchev–Trinajstić information content (AvgIpc) is 2.30. The van der Waals surface area contributed by atoms with E-state index < -0.39 is 5.82 Å². The number of hydrogen-bond acceptors (Lipinski definition) is 3. The van der Waals surface area contributed by atoms with E-state index in [1.807, 2.05) is 6.07 Å². The van der Waals surface area contributed by atoms with Crippen molar-refractivity contribution in [2.45, 2.75) is 19.5 Å². The summed E-state index contributed by atoms with van der Waals surface area (Å²) in [6.07, 6.45) is 0. The van der Waals surface area contributed by atoms with Crippen molar-refractivity contribution in [1.29, 1.82) is 10.5 Å². The quantitative estimate of drug-likeness (QED) is 0.778. The maximum absolute atomic E-state index is 13.5. The molecule has 0 aliphatic heterocycles. The molecule has 1 unspecified atom stereocenters. The van der Waals surface area contributed by atoms with Gasteiger partial charge in [-0.1, -0.05) is 6.07 Å². The summed E-state index contributed by atoms with van der Waals surface area (Å²) in [7, 11) is 1.76. The van der Waals surface area contributed by atoms with Crippen LogP contribution in [0.5, 0.6) is 0 Å². The topological polar surface area (TPSA) is 50.8 Å². The number of halogens is 1. The van der Waals surface area contributed by atoms with Gasteiger partial charge in [0, 0.05) is 12.1 Å². The standard InChI is InChI=1S/C12H12FN3/c1-9(6-14)16(2)8-11-4-3-10(7-15)5-12(11)13/h3-5,9H,8H2,1-2H3. The van der Waals surface area contributed by atoms with Gasteiger partial charge in [0.25, 0.3) is 0 Å². The summed E-state index contributed by atoms with van der Waals surface area (Å²) in [6, 6.07) is 8.05. The lowest BCUT2D eigenvalue weighted by Crippen LogP contribution is -2.27. The molecule has 0 heterocycles. The van der Waals surface area contributed by atoms with Crippen LogP contribution in [-0.4, -0.2) is 18.0 Å². The van der Waals surface area contributed by atoms with Crippen LogP contribution in [0.25, 0.3) is 0 Å². The van der Waals surface area contributed by atoms with Crippen molar-refractivity contribution in [1.82, 2.24) is 4.90 Å². The Morgan fingerprint density at radius 2 is 2.12 bits per heavy atom. The lowest BCUT2D eigenvalue weighted by molar-refractivity contribution is 0.290. The van der Waals surface area contributed by atoms with Crippen LogP contribution in [0.1, 0.15) is 18.1 Å². The summed E-state index contributed by atoms with van der Waals surface area (Å²) >= 11 is 0. The van der Waals surface area contributed by atoms with Crippen LogP contribution in [-0.2, 0) is 6.54 Å². The van der Waals surface area contributed by atoms with Gasteiger partial charge in [0.2, 0.25) is 0 Å². The second-order valence-electron chi connectivity index (χ2n) is 3.64. The summed E-state index contributed by atoms with van der Waals surface area (Å²) in [5.41, 5.74) is 0.792. The van der Waals surface area contributed by atoms with Crippen LogP contribution in [0.2, 0.25) is 0 Å². The van der Waals surface area contributed by atoms with Gasteiger partial charge in [0.05, 0.1) is 23.7 Å². The molecule has 1 aromatic rings. The van der Waals surface area contributed by atoms with E-state index in [-0.39, 0.29) is 6.04 Å². The molecule has 0 saturated carbocycles. The molecule has 0 spiro atoms. The molecule has 0 aromatic heterocycles. The number of rotatable bonds is 3. The van der Waals surface area contributed by atoms with Crippen molar-refractivity contribution in [2.75, 3.05) is 7.05 Å². The fraction of sp³-hybridized carbons (Fsp3) is 0.333. The van der Waals surface area contributed by atoms with E-state index >= 15 is 0 Å². The highest BCUT2D eigenvalue weighted by Gasteiger charge is 2.11. The van der Waals surface area contributed by atoms with Crippen LogP contribution in [0.3, 0.4) is 0 Å². The normalized spacial score (nSPS) is 11.9. The zero-order valence-electron chi connectivity index (χ0n) is 9.24. The molecular weight excluding hydrogens is 205 g/mol.